The normalized spacial score (nSPS) is 32.6. The van der Waals surface area contributed by atoms with E-state index in [0.717, 1.165) is 12.1 Å². The van der Waals surface area contributed by atoms with Crippen LogP contribution in [0.15, 0.2) is 0 Å². The van der Waals surface area contributed by atoms with Crippen LogP contribution in [0.4, 0.5) is 0 Å². The molecule has 1 amide bonds. The molecule has 2 unspecified atom stereocenters. The van der Waals surface area contributed by atoms with Gasteiger partial charge in [-0.15, -0.1) is 0 Å². The first-order chi connectivity index (χ1) is 8.56. The fraction of sp³-hybridized carbons (Fsp3) is 0.929. The lowest BCUT2D eigenvalue weighted by Crippen LogP contribution is -2.55. The molecule has 0 saturated carbocycles. The third-order valence-electron chi connectivity index (χ3n) is 4.34. The van der Waals surface area contributed by atoms with E-state index in [2.05, 4.69) is 22.6 Å². The Labute approximate surface area is 110 Å². The van der Waals surface area contributed by atoms with Gasteiger partial charge in [-0.3, -0.25) is 4.79 Å². The third kappa shape index (κ3) is 3.45. The summed E-state index contributed by atoms with van der Waals surface area (Å²) in [6.45, 7) is 4.46. The van der Waals surface area contributed by atoms with Crippen molar-refractivity contribution < 1.29 is 4.79 Å². The number of nitrogens with zero attached hydrogens (tertiary/aromatic N) is 1. The maximum Gasteiger partial charge on any atom is 0.234 e. The Morgan fingerprint density at radius 3 is 2.44 bits per heavy atom. The van der Waals surface area contributed by atoms with Gasteiger partial charge in [-0.1, -0.05) is 6.42 Å². The minimum Gasteiger partial charge on any atom is -0.353 e. The van der Waals surface area contributed by atoms with Crippen molar-refractivity contribution in [2.75, 3.05) is 13.6 Å². The summed E-state index contributed by atoms with van der Waals surface area (Å²) in [5, 5.41) is 6.37. The highest BCUT2D eigenvalue weighted by Crippen LogP contribution is 2.32. The van der Waals surface area contributed by atoms with Crippen LogP contribution in [-0.2, 0) is 4.79 Å². The number of amides is 1. The topological polar surface area (TPSA) is 44.4 Å². The maximum absolute atomic E-state index is 11.6. The first-order valence-electron chi connectivity index (χ1n) is 7.31. The first-order valence-corrected chi connectivity index (χ1v) is 7.31. The molecule has 2 heterocycles. The van der Waals surface area contributed by atoms with Crippen LogP contribution < -0.4 is 10.6 Å². The predicted molar refractivity (Wildman–Crippen MR) is 73.5 cm³/mol. The van der Waals surface area contributed by atoms with Crippen LogP contribution in [0.3, 0.4) is 0 Å². The van der Waals surface area contributed by atoms with Gasteiger partial charge < -0.3 is 15.5 Å². The van der Waals surface area contributed by atoms with Gasteiger partial charge in [0.15, 0.2) is 0 Å². The molecule has 2 saturated heterocycles. The van der Waals surface area contributed by atoms with Crippen molar-refractivity contribution in [3.05, 3.63) is 0 Å². The van der Waals surface area contributed by atoms with Crippen molar-refractivity contribution in [3.8, 4) is 0 Å². The number of rotatable bonds is 4. The summed E-state index contributed by atoms with van der Waals surface area (Å²) in [6, 6.07) is 2.21. The van der Waals surface area contributed by atoms with E-state index in [1.165, 1.54) is 32.1 Å². The molecule has 2 atom stereocenters. The third-order valence-corrected chi connectivity index (χ3v) is 4.34. The lowest BCUT2D eigenvalue weighted by molar-refractivity contribution is -0.121. The number of piperidine rings is 2. The summed E-state index contributed by atoms with van der Waals surface area (Å²) >= 11 is 0. The van der Waals surface area contributed by atoms with E-state index in [1.54, 1.807) is 0 Å². The van der Waals surface area contributed by atoms with Crippen molar-refractivity contribution in [1.29, 1.82) is 0 Å². The Balaban J connectivity index is 1.76. The summed E-state index contributed by atoms with van der Waals surface area (Å²) in [7, 11) is 2.26. The summed E-state index contributed by atoms with van der Waals surface area (Å²) < 4.78 is 0. The van der Waals surface area contributed by atoms with E-state index in [9.17, 15) is 4.79 Å². The van der Waals surface area contributed by atoms with E-state index in [1.807, 2.05) is 13.8 Å². The SMILES string of the molecule is CC(C)NC(=O)CNC1CC2CCCC(C1)N2C. The van der Waals surface area contributed by atoms with E-state index in [-0.39, 0.29) is 11.9 Å². The van der Waals surface area contributed by atoms with Crippen LogP contribution in [0.5, 0.6) is 0 Å². The van der Waals surface area contributed by atoms with Crippen LogP contribution in [0, 0.1) is 0 Å². The number of fused-ring (bicyclic) bond motifs is 2. The minimum absolute atomic E-state index is 0.120. The minimum atomic E-state index is 0.120. The molecule has 2 rings (SSSR count). The van der Waals surface area contributed by atoms with Crippen molar-refractivity contribution in [1.82, 2.24) is 15.5 Å². The van der Waals surface area contributed by atoms with Crippen LogP contribution in [0.1, 0.15) is 46.0 Å². The van der Waals surface area contributed by atoms with Gasteiger partial charge in [0.25, 0.3) is 0 Å². The maximum atomic E-state index is 11.6. The van der Waals surface area contributed by atoms with E-state index < -0.39 is 0 Å². The lowest BCUT2D eigenvalue weighted by atomic mass is 9.82. The predicted octanol–water partition coefficient (Wildman–Crippen LogP) is 1.12. The van der Waals surface area contributed by atoms with Crippen LogP contribution in [-0.4, -0.2) is 48.6 Å². The molecule has 0 aromatic carbocycles. The highest BCUT2D eigenvalue weighted by atomic mass is 16.1. The molecule has 2 bridgehead atoms. The standard InChI is InChI=1S/C14H27N3O/c1-10(2)16-14(18)9-15-11-7-12-5-4-6-13(8-11)17(12)3/h10-13,15H,4-9H2,1-3H3,(H,16,18). The molecule has 4 heteroatoms. The van der Waals surface area contributed by atoms with Gasteiger partial charge in [0.2, 0.25) is 5.91 Å². The van der Waals surface area contributed by atoms with Crippen LogP contribution in [0.2, 0.25) is 0 Å². The fourth-order valence-corrected chi connectivity index (χ4v) is 3.39. The molecule has 0 aliphatic carbocycles. The van der Waals surface area contributed by atoms with Gasteiger partial charge in [0, 0.05) is 24.2 Å². The zero-order valence-electron chi connectivity index (χ0n) is 11.9. The molecule has 2 aliphatic heterocycles. The molecule has 0 aromatic rings. The fourth-order valence-electron chi connectivity index (χ4n) is 3.39. The number of nitrogens with one attached hydrogen (secondary N) is 2. The molecular formula is C14H27N3O. The molecule has 0 aromatic heterocycles. The molecule has 104 valence electrons. The molecule has 0 spiro atoms. The monoisotopic (exact) mass is 253 g/mol. The zero-order chi connectivity index (χ0) is 13.1. The van der Waals surface area contributed by atoms with Gasteiger partial charge in [-0.2, -0.15) is 0 Å². The number of carbonyl (C=O) groups excluding carboxylic acids is 1. The summed E-state index contributed by atoms with van der Waals surface area (Å²) in [5.41, 5.74) is 0. The molecule has 2 fully saturated rings. The largest absolute Gasteiger partial charge is 0.353 e. The number of carbonyl (C=O) groups is 1. The second-order valence-corrected chi connectivity index (χ2v) is 6.18. The van der Waals surface area contributed by atoms with E-state index >= 15 is 0 Å². The zero-order valence-corrected chi connectivity index (χ0v) is 11.9. The van der Waals surface area contributed by atoms with Gasteiger partial charge in [0.05, 0.1) is 6.54 Å². The lowest BCUT2D eigenvalue weighted by Gasteiger charge is -2.47. The molecule has 2 aliphatic rings. The van der Waals surface area contributed by atoms with Crippen molar-refractivity contribution in [2.24, 2.45) is 0 Å². The highest BCUT2D eigenvalue weighted by molar-refractivity contribution is 5.78. The Bertz CT molecular complexity index is 279. The second-order valence-electron chi connectivity index (χ2n) is 6.18. The van der Waals surface area contributed by atoms with Crippen LogP contribution >= 0.6 is 0 Å². The Kier molecular flexibility index (Phi) is 4.62. The summed E-state index contributed by atoms with van der Waals surface area (Å²) in [4.78, 5) is 14.2. The molecule has 0 radical (unpaired) electrons. The second kappa shape index (κ2) is 6.02. The first kappa shape index (κ1) is 13.8. The summed E-state index contributed by atoms with van der Waals surface area (Å²) in [6.07, 6.45) is 6.41. The number of hydrogen-bond acceptors (Lipinski definition) is 3. The Hall–Kier alpha value is -0.610. The van der Waals surface area contributed by atoms with Crippen molar-refractivity contribution in [2.45, 2.75) is 70.1 Å². The van der Waals surface area contributed by atoms with Crippen molar-refractivity contribution in [3.63, 3.8) is 0 Å². The molecule has 2 N–H and O–H groups in total. The van der Waals surface area contributed by atoms with Gasteiger partial charge in [-0.05, 0) is 46.6 Å². The van der Waals surface area contributed by atoms with Crippen molar-refractivity contribution >= 4 is 5.91 Å². The van der Waals surface area contributed by atoms with Gasteiger partial charge >= 0.3 is 0 Å². The molecular weight excluding hydrogens is 226 g/mol. The van der Waals surface area contributed by atoms with Gasteiger partial charge in [0.1, 0.15) is 0 Å². The average molecular weight is 253 g/mol. The smallest absolute Gasteiger partial charge is 0.234 e. The summed E-state index contributed by atoms with van der Waals surface area (Å²) in [5.74, 6) is 0.120. The Morgan fingerprint density at radius 1 is 1.28 bits per heavy atom. The Morgan fingerprint density at radius 2 is 1.89 bits per heavy atom. The average Bonchev–Trinajstić information content (AvgIpc) is 2.25. The van der Waals surface area contributed by atoms with E-state index in [4.69, 9.17) is 0 Å². The van der Waals surface area contributed by atoms with Gasteiger partial charge in [-0.25, -0.2) is 0 Å². The highest BCUT2D eigenvalue weighted by Gasteiger charge is 2.35. The molecule has 4 nitrogen and oxygen atoms in total. The quantitative estimate of drug-likeness (QED) is 0.789. The van der Waals surface area contributed by atoms with E-state index in [0.29, 0.717) is 12.6 Å². The van der Waals surface area contributed by atoms with Crippen LogP contribution in [0.25, 0.3) is 0 Å². The number of hydrogen-bond donors (Lipinski definition) is 2. The molecule has 18 heavy (non-hydrogen) atoms.